The van der Waals surface area contributed by atoms with E-state index in [9.17, 15) is 4.79 Å². The highest BCUT2D eigenvalue weighted by Crippen LogP contribution is 2.10. The van der Waals surface area contributed by atoms with Gasteiger partial charge in [0.05, 0.1) is 0 Å². The third kappa shape index (κ3) is 3.38. The lowest BCUT2D eigenvalue weighted by Crippen LogP contribution is -2.33. The lowest BCUT2D eigenvalue weighted by Gasteiger charge is -2.13. The third-order valence-electron chi connectivity index (χ3n) is 2.03. The molecule has 0 aliphatic heterocycles. The van der Waals surface area contributed by atoms with Gasteiger partial charge in [0.15, 0.2) is 0 Å². The van der Waals surface area contributed by atoms with Crippen molar-refractivity contribution in [2.24, 2.45) is 5.73 Å². The predicted molar refractivity (Wildman–Crippen MR) is 60.1 cm³/mol. The summed E-state index contributed by atoms with van der Waals surface area (Å²) in [5.41, 5.74) is 6.30. The number of halogens is 1. The smallest absolute Gasteiger partial charge is 0.314 e. The van der Waals surface area contributed by atoms with E-state index >= 15 is 0 Å². The highest BCUT2D eigenvalue weighted by atomic mass is 79.9. The lowest BCUT2D eigenvalue weighted by atomic mass is 10.1. The van der Waals surface area contributed by atoms with E-state index in [-0.39, 0.29) is 6.03 Å². The summed E-state index contributed by atoms with van der Waals surface area (Å²) >= 11 is 3.36. The second-order valence-electron chi connectivity index (χ2n) is 3.14. The molecule has 4 heteroatoms. The average molecular weight is 257 g/mol. The van der Waals surface area contributed by atoms with E-state index in [1.54, 1.807) is 7.05 Å². The number of rotatable bonds is 3. The van der Waals surface area contributed by atoms with Gasteiger partial charge in [-0.25, -0.2) is 4.79 Å². The zero-order chi connectivity index (χ0) is 10.6. The molecule has 0 atom stereocenters. The molecular weight excluding hydrogens is 244 g/mol. The van der Waals surface area contributed by atoms with Crippen LogP contribution in [0.15, 0.2) is 28.7 Å². The summed E-state index contributed by atoms with van der Waals surface area (Å²) in [4.78, 5) is 12.2. The fraction of sp³-hybridized carbons (Fsp3) is 0.300. The van der Waals surface area contributed by atoms with Crippen LogP contribution in [-0.4, -0.2) is 24.5 Å². The number of amides is 2. The highest BCUT2D eigenvalue weighted by molar-refractivity contribution is 9.10. The van der Waals surface area contributed by atoms with Gasteiger partial charge in [0, 0.05) is 18.1 Å². The van der Waals surface area contributed by atoms with Gasteiger partial charge in [-0.2, -0.15) is 0 Å². The minimum atomic E-state index is -0.387. The number of benzene rings is 1. The van der Waals surface area contributed by atoms with E-state index in [4.69, 9.17) is 5.73 Å². The molecule has 0 spiro atoms. The molecule has 76 valence electrons. The van der Waals surface area contributed by atoms with Crippen LogP contribution < -0.4 is 5.73 Å². The van der Waals surface area contributed by atoms with Gasteiger partial charge in [0.2, 0.25) is 0 Å². The fourth-order valence-corrected chi connectivity index (χ4v) is 1.32. The summed E-state index contributed by atoms with van der Waals surface area (Å²) in [7, 11) is 1.70. The summed E-state index contributed by atoms with van der Waals surface area (Å²) in [6, 6.07) is 7.64. The number of carbonyl (C=O) groups excluding carboxylic acids is 1. The van der Waals surface area contributed by atoms with Gasteiger partial charge in [0.25, 0.3) is 0 Å². The van der Waals surface area contributed by atoms with Crippen molar-refractivity contribution < 1.29 is 4.79 Å². The van der Waals surface area contributed by atoms with Crippen LogP contribution in [0.2, 0.25) is 0 Å². The maximum atomic E-state index is 10.7. The molecule has 0 radical (unpaired) electrons. The van der Waals surface area contributed by atoms with Crippen LogP contribution >= 0.6 is 15.9 Å². The van der Waals surface area contributed by atoms with Crippen LogP contribution in [0, 0.1) is 0 Å². The first kappa shape index (κ1) is 11.0. The number of likely N-dealkylation sites (N-methyl/N-ethyl adjacent to an activating group) is 1. The van der Waals surface area contributed by atoms with Crippen LogP contribution in [0.3, 0.4) is 0 Å². The van der Waals surface area contributed by atoms with Crippen LogP contribution in [0.1, 0.15) is 5.56 Å². The molecule has 0 unspecified atom stereocenters. The van der Waals surface area contributed by atoms with Gasteiger partial charge in [-0.15, -0.1) is 0 Å². The summed E-state index contributed by atoms with van der Waals surface area (Å²) in [6.45, 7) is 0.650. The number of hydrogen-bond donors (Lipinski definition) is 1. The zero-order valence-corrected chi connectivity index (χ0v) is 9.62. The molecule has 3 nitrogen and oxygen atoms in total. The molecule has 0 aromatic heterocycles. The first-order valence-electron chi connectivity index (χ1n) is 4.34. The van der Waals surface area contributed by atoms with Crippen molar-refractivity contribution in [3.8, 4) is 0 Å². The molecule has 0 bridgehead atoms. The van der Waals surface area contributed by atoms with Gasteiger partial charge in [-0.1, -0.05) is 28.1 Å². The van der Waals surface area contributed by atoms with Crippen molar-refractivity contribution in [2.45, 2.75) is 6.42 Å². The van der Waals surface area contributed by atoms with Crippen molar-refractivity contribution >= 4 is 22.0 Å². The van der Waals surface area contributed by atoms with Crippen LogP contribution in [-0.2, 0) is 6.42 Å². The van der Waals surface area contributed by atoms with Crippen LogP contribution in [0.25, 0.3) is 0 Å². The minimum Gasteiger partial charge on any atom is -0.351 e. The van der Waals surface area contributed by atoms with E-state index in [0.29, 0.717) is 6.54 Å². The van der Waals surface area contributed by atoms with Crippen molar-refractivity contribution in [1.82, 2.24) is 4.90 Å². The van der Waals surface area contributed by atoms with Gasteiger partial charge in [-0.3, -0.25) is 0 Å². The second kappa shape index (κ2) is 5.00. The number of urea groups is 1. The Hall–Kier alpha value is -1.03. The normalized spacial score (nSPS) is 9.86. The summed E-state index contributed by atoms with van der Waals surface area (Å²) in [5.74, 6) is 0. The second-order valence-corrected chi connectivity index (χ2v) is 4.05. The van der Waals surface area contributed by atoms with Gasteiger partial charge >= 0.3 is 6.03 Å². The molecule has 0 aliphatic rings. The molecule has 2 amide bonds. The number of hydrogen-bond acceptors (Lipinski definition) is 1. The summed E-state index contributed by atoms with van der Waals surface area (Å²) in [6.07, 6.45) is 0.826. The number of carbonyl (C=O) groups is 1. The molecule has 0 saturated heterocycles. The average Bonchev–Trinajstić information content (AvgIpc) is 2.16. The molecule has 1 rings (SSSR count). The SMILES string of the molecule is CN(CCc1ccc(Br)cc1)C(N)=O. The molecule has 0 saturated carbocycles. The topological polar surface area (TPSA) is 46.3 Å². The quantitative estimate of drug-likeness (QED) is 0.884. The number of primary amides is 1. The first-order valence-corrected chi connectivity index (χ1v) is 5.14. The number of nitrogens with zero attached hydrogens (tertiary/aromatic N) is 1. The van der Waals surface area contributed by atoms with Crippen molar-refractivity contribution in [1.29, 1.82) is 0 Å². The van der Waals surface area contributed by atoms with Crippen molar-refractivity contribution in [2.75, 3.05) is 13.6 Å². The third-order valence-corrected chi connectivity index (χ3v) is 2.55. The van der Waals surface area contributed by atoms with E-state index < -0.39 is 0 Å². The van der Waals surface area contributed by atoms with Gasteiger partial charge < -0.3 is 10.6 Å². The highest BCUT2D eigenvalue weighted by Gasteiger charge is 2.02. The Labute approximate surface area is 92.0 Å². The molecular formula is C10H13BrN2O. The van der Waals surface area contributed by atoms with E-state index in [1.807, 2.05) is 24.3 Å². The Morgan fingerprint density at radius 2 is 2.00 bits per heavy atom. The Bertz CT molecular complexity index is 310. The van der Waals surface area contributed by atoms with Gasteiger partial charge in [-0.05, 0) is 24.1 Å². The first-order chi connectivity index (χ1) is 6.59. The minimum absolute atomic E-state index is 0.387. The molecule has 1 aromatic rings. The molecule has 0 aliphatic carbocycles. The molecule has 2 N–H and O–H groups in total. The number of nitrogens with two attached hydrogens (primary N) is 1. The predicted octanol–water partition coefficient (Wildman–Crippen LogP) is 2.00. The molecule has 14 heavy (non-hydrogen) atoms. The Morgan fingerprint density at radius 1 is 1.43 bits per heavy atom. The lowest BCUT2D eigenvalue weighted by molar-refractivity contribution is 0.219. The van der Waals surface area contributed by atoms with E-state index in [1.165, 1.54) is 10.5 Å². The fourth-order valence-electron chi connectivity index (χ4n) is 1.06. The van der Waals surface area contributed by atoms with Crippen LogP contribution in [0.5, 0.6) is 0 Å². The van der Waals surface area contributed by atoms with E-state index in [2.05, 4.69) is 15.9 Å². The molecule has 0 heterocycles. The monoisotopic (exact) mass is 256 g/mol. The Morgan fingerprint density at radius 3 is 2.50 bits per heavy atom. The Kier molecular flexibility index (Phi) is 3.95. The summed E-state index contributed by atoms with van der Waals surface area (Å²) < 4.78 is 1.06. The summed E-state index contributed by atoms with van der Waals surface area (Å²) in [5, 5.41) is 0. The largest absolute Gasteiger partial charge is 0.351 e. The van der Waals surface area contributed by atoms with Crippen molar-refractivity contribution in [3.05, 3.63) is 34.3 Å². The van der Waals surface area contributed by atoms with E-state index in [0.717, 1.165) is 10.9 Å². The van der Waals surface area contributed by atoms with Crippen LogP contribution in [0.4, 0.5) is 4.79 Å². The maximum Gasteiger partial charge on any atom is 0.314 e. The standard InChI is InChI=1S/C10H13BrN2O/c1-13(10(12)14)7-6-8-2-4-9(11)5-3-8/h2-5H,6-7H2,1H3,(H2,12,14). The van der Waals surface area contributed by atoms with Crippen molar-refractivity contribution in [3.63, 3.8) is 0 Å². The van der Waals surface area contributed by atoms with Gasteiger partial charge in [0.1, 0.15) is 0 Å². The maximum absolute atomic E-state index is 10.7. The Balaban J connectivity index is 2.46. The molecule has 1 aromatic carbocycles. The molecule has 0 fully saturated rings. The zero-order valence-electron chi connectivity index (χ0n) is 8.03.